The zero-order valence-corrected chi connectivity index (χ0v) is 20.3. The Morgan fingerprint density at radius 2 is 1.32 bits per heavy atom. The summed E-state index contributed by atoms with van der Waals surface area (Å²) < 4.78 is 40.1. The lowest BCUT2D eigenvalue weighted by Crippen LogP contribution is -2.60. The van der Waals surface area contributed by atoms with Crippen LogP contribution in [0.4, 0.5) is 5.69 Å². The van der Waals surface area contributed by atoms with Crippen molar-refractivity contribution in [2.75, 3.05) is 19.0 Å². The van der Waals surface area contributed by atoms with Gasteiger partial charge in [-0.2, -0.15) is 14.0 Å². The van der Waals surface area contributed by atoms with Gasteiger partial charge in [0.25, 0.3) is 0 Å². The standard InChI is InChI=1S/C27H24ClNO4S/c1-29(2)25-16-13-21(14-17-25)15-18-26-19-24(22-9-5-3-6-10-22)20-27(23-11-7-4-8-12-23)34(26)33-28(30,31)32/h3-20H,1-2H3. The molecule has 0 fully saturated rings. The van der Waals surface area contributed by atoms with Gasteiger partial charge in [0.15, 0.2) is 0 Å². The normalized spacial score (nSPS) is 16.4. The molecule has 4 rings (SSSR count). The van der Waals surface area contributed by atoms with E-state index < -0.39 is 21.0 Å². The van der Waals surface area contributed by atoms with Gasteiger partial charge >= 0.3 is 0 Å². The molecule has 1 heterocycles. The van der Waals surface area contributed by atoms with E-state index in [0.29, 0.717) is 9.77 Å². The number of allylic oxidation sites excluding steroid dienone is 4. The maximum Gasteiger partial charge on any atom is 0.147 e. The highest BCUT2D eigenvalue weighted by Crippen LogP contribution is 2.40. The SMILES string of the molecule is CN(C)c1ccc(C=CC2=CC(c3ccccc3)=CC(c3ccccc3)=S2O[Cl+3]([O-])([O-])[O-])cc1. The Kier molecular flexibility index (Phi) is 7.48. The maximum absolute atomic E-state index is 11.7. The number of rotatable bonds is 7. The Labute approximate surface area is 204 Å². The van der Waals surface area contributed by atoms with Crippen LogP contribution in [0.2, 0.25) is 0 Å². The van der Waals surface area contributed by atoms with Crippen molar-refractivity contribution in [1.29, 1.82) is 0 Å². The molecule has 0 aromatic heterocycles. The summed E-state index contributed by atoms with van der Waals surface area (Å²) in [5.74, 6) is 0. The fraction of sp³-hybridized carbons (Fsp3) is 0.0741. The summed E-state index contributed by atoms with van der Waals surface area (Å²) in [7, 11) is -2.12. The molecule has 3 aromatic carbocycles. The van der Waals surface area contributed by atoms with Crippen molar-refractivity contribution in [3.8, 4) is 0 Å². The van der Waals surface area contributed by atoms with Crippen LogP contribution in [0.5, 0.6) is 0 Å². The van der Waals surface area contributed by atoms with Crippen LogP contribution in [0.15, 0.2) is 108 Å². The first-order valence-electron chi connectivity index (χ1n) is 10.5. The summed E-state index contributed by atoms with van der Waals surface area (Å²) in [6.45, 7) is 0. The first-order chi connectivity index (χ1) is 16.3. The quantitative estimate of drug-likeness (QED) is 0.472. The van der Waals surface area contributed by atoms with Crippen LogP contribution in [0, 0.1) is 10.2 Å². The molecule has 1 aliphatic rings. The van der Waals surface area contributed by atoms with Gasteiger partial charge in [-0.25, -0.2) is 0 Å². The van der Waals surface area contributed by atoms with E-state index in [1.54, 1.807) is 0 Å². The van der Waals surface area contributed by atoms with Gasteiger partial charge in [0.1, 0.15) is 14.5 Å². The van der Waals surface area contributed by atoms with Gasteiger partial charge in [-0.15, -0.1) is 0 Å². The van der Waals surface area contributed by atoms with Gasteiger partial charge in [0.05, 0.1) is 15.1 Å². The van der Waals surface area contributed by atoms with Gasteiger partial charge < -0.3 is 4.90 Å². The molecular weight excluding hydrogens is 470 g/mol. The lowest BCUT2D eigenvalue weighted by atomic mass is 10.0. The smallest absolute Gasteiger partial charge is 0.147 e. The van der Waals surface area contributed by atoms with Gasteiger partial charge in [-0.1, -0.05) is 78.9 Å². The second-order valence-electron chi connectivity index (χ2n) is 7.77. The molecule has 0 saturated heterocycles. The number of benzene rings is 3. The second kappa shape index (κ2) is 10.5. The Morgan fingerprint density at radius 1 is 0.735 bits per heavy atom. The van der Waals surface area contributed by atoms with E-state index >= 15 is 0 Å². The first kappa shape index (κ1) is 24.2. The average molecular weight is 494 g/mol. The highest BCUT2D eigenvalue weighted by molar-refractivity contribution is 8.15. The van der Waals surface area contributed by atoms with E-state index in [9.17, 15) is 14.0 Å². The molecule has 0 aliphatic carbocycles. The van der Waals surface area contributed by atoms with Gasteiger partial charge in [0.2, 0.25) is 0 Å². The topological polar surface area (TPSA) is 81.7 Å². The lowest BCUT2D eigenvalue weighted by Gasteiger charge is -2.20. The van der Waals surface area contributed by atoms with E-state index in [1.165, 1.54) is 0 Å². The highest BCUT2D eigenvalue weighted by atomic mass is 35.7. The molecule has 0 saturated carbocycles. The summed E-state index contributed by atoms with van der Waals surface area (Å²) in [6, 6.07) is 27.1. The van der Waals surface area contributed by atoms with Crippen LogP contribution in [-0.2, 0) is 3.74 Å². The van der Waals surface area contributed by atoms with Gasteiger partial charge in [-0.3, -0.25) is 0 Å². The number of nitrogens with zero attached hydrogens (tertiary/aromatic N) is 1. The maximum atomic E-state index is 11.7. The molecule has 0 N–H and O–H groups in total. The van der Waals surface area contributed by atoms with E-state index in [4.69, 9.17) is 3.74 Å². The fourth-order valence-corrected chi connectivity index (χ4v) is 5.92. The number of anilines is 1. The number of hydrogen-bond donors (Lipinski definition) is 0. The molecular formula is C27H24ClNO4S. The minimum atomic E-state index is -4.64. The van der Waals surface area contributed by atoms with Crippen molar-refractivity contribution < 1.29 is 28.0 Å². The molecule has 3 aromatic rings. The van der Waals surface area contributed by atoms with Crippen LogP contribution in [0.25, 0.3) is 11.6 Å². The van der Waals surface area contributed by atoms with Crippen LogP contribution in [-0.4, -0.2) is 19.0 Å². The molecule has 0 bridgehead atoms. The predicted molar refractivity (Wildman–Crippen MR) is 132 cm³/mol. The number of hydrogen-bond acceptors (Lipinski definition) is 5. The van der Waals surface area contributed by atoms with Crippen molar-refractivity contribution in [3.63, 3.8) is 0 Å². The van der Waals surface area contributed by atoms with Crippen LogP contribution < -0.4 is 18.9 Å². The van der Waals surface area contributed by atoms with E-state index in [0.717, 1.165) is 28.0 Å². The Hall–Kier alpha value is -2.97. The fourth-order valence-electron chi connectivity index (χ4n) is 3.48. The van der Waals surface area contributed by atoms with E-state index in [-0.39, 0.29) is 0 Å². The lowest BCUT2D eigenvalue weighted by molar-refractivity contribution is -1.91. The van der Waals surface area contributed by atoms with Crippen molar-refractivity contribution in [2.24, 2.45) is 0 Å². The van der Waals surface area contributed by atoms with Gasteiger partial charge in [-0.05, 0) is 52.6 Å². The van der Waals surface area contributed by atoms with E-state index in [1.807, 2.05) is 128 Å². The van der Waals surface area contributed by atoms with Crippen LogP contribution in [0.3, 0.4) is 0 Å². The third kappa shape index (κ3) is 6.12. The molecule has 1 atom stereocenters. The van der Waals surface area contributed by atoms with Crippen LogP contribution in [0.1, 0.15) is 16.7 Å². The van der Waals surface area contributed by atoms with Gasteiger partial charge in [0, 0.05) is 24.7 Å². The molecule has 34 heavy (non-hydrogen) atoms. The molecule has 0 radical (unpaired) electrons. The summed E-state index contributed by atoms with van der Waals surface area (Å²) >= 11 is 0. The Bertz CT molecular complexity index is 1260. The second-order valence-corrected chi connectivity index (χ2v) is 10.5. The minimum absolute atomic E-state index is 0.587. The Balaban J connectivity index is 1.84. The zero-order valence-electron chi connectivity index (χ0n) is 18.8. The van der Waals surface area contributed by atoms with Crippen molar-refractivity contribution in [3.05, 3.63) is 125 Å². The summed E-state index contributed by atoms with van der Waals surface area (Å²) in [5, 5.41) is 0. The first-order valence-corrected chi connectivity index (χ1v) is 12.9. The zero-order chi connectivity index (χ0) is 24.1. The van der Waals surface area contributed by atoms with Crippen LogP contribution >= 0.6 is 10.8 Å². The third-order valence-electron chi connectivity index (χ3n) is 5.15. The molecule has 0 amide bonds. The number of halogens is 1. The molecule has 5 nitrogen and oxygen atoms in total. The molecule has 1 aliphatic heterocycles. The molecule has 1 unspecified atom stereocenters. The minimum Gasteiger partial charge on any atom is -0.378 e. The summed E-state index contributed by atoms with van der Waals surface area (Å²) in [5.41, 5.74) is 4.67. The van der Waals surface area contributed by atoms with Crippen molar-refractivity contribution in [1.82, 2.24) is 0 Å². The third-order valence-corrected chi connectivity index (χ3v) is 7.71. The summed E-state index contributed by atoms with van der Waals surface area (Å²) in [4.78, 5) is 3.22. The van der Waals surface area contributed by atoms with E-state index in [2.05, 4.69) is 0 Å². The molecule has 7 heteroatoms. The Morgan fingerprint density at radius 3 is 1.88 bits per heavy atom. The predicted octanol–water partition coefficient (Wildman–Crippen LogP) is 3.07. The average Bonchev–Trinajstić information content (AvgIpc) is 2.83. The molecule has 174 valence electrons. The van der Waals surface area contributed by atoms with Crippen molar-refractivity contribution in [2.45, 2.75) is 0 Å². The monoisotopic (exact) mass is 493 g/mol. The van der Waals surface area contributed by atoms with Crippen molar-refractivity contribution >= 4 is 33.0 Å². The summed E-state index contributed by atoms with van der Waals surface area (Å²) in [6.07, 6.45) is 7.46. The largest absolute Gasteiger partial charge is 0.378 e. The highest BCUT2D eigenvalue weighted by Gasteiger charge is 2.30. The molecule has 0 spiro atoms.